The summed E-state index contributed by atoms with van der Waals surface area (Å²) in [4.78, 5) is 22.4. The number of hydrogen-bond donors (Lipinski definition) is 0. The van der Waals surface area contributed by atoms with Crippen molar-refractivity contribution in [1.29, 1.82) is 0 Å². The minimum atomic E-state index is -2.18. The van der Waals surface area contributed by atoms with Crippen LogP contribution in [-0.2, 0) is 41.1 Å². The molecule has 2 aliphatic rings. The molecule has 0 unspecified atom stereocenters. The van der Waals surface area contributed by atoms with Gasteiger partial charge in [0.1, 0.15) is 16.1 Å². The van der Waals surface area contributed by atoms with Crippen LogP contribution in [0.25, 0.3) is 68.6 Å². The van der Waals surface area contributed by atoms with Crippen LogP contribution in [0.4, 0.5) is 0 Å². The molecule has 0 amide bonds. The Balaban J connectivity index is 0.00000825. The Hall–Kier alpha value is -4.78. The molecule has 366 valence electrons. The zero-order valence-electron chi connectivity index (χ0n) is 47.3. The van der Waals surface area contributed by atoms with Gasteiger partial charge in [0, 0.05) is 11.1 Å². The molecule has 4 nitrogen and oxygen atoms in total. The molecule has 8 bridgehead atoms. The van der Waals surface area contributed by atoms with Crippen molar-refractivity contribution in [3.63, 3.8) is 0 Å². The third-order valence-corrected chi connectivity index (χ3v) is 21.5. The monoisotopic (exact) mass is 1020 g/mol. The largest absolute Gasteiger partial charge is 2.00 e. The molecule has 0 fully saturated rings. The van der Waals surface area contributed by atoms with Crippen LogP contribution in [-0.4, -0.2) is 26.1 Å². The van der Waals surface area contributed by atoms with E-state index < -0.39 is 16.1 Å². The molecule has 5 heterocycles. The fourth-order valence-corrected chi connectivity index (χ4v) is 15.8. The molecule has 0 aliphatic carbocycles. The maximum Gasteiger partial charge on any atom is 2.00 e. The topological polar surface area (TPSA) is 54.0 Å². The first-order valence-corrected chi connectivity index (χ1v) is 31.5. The summed E-state index contributed by atoms with van der Waals surface area (Å²) in [6, 6.07) is 22.8. The first kappa shape index (κ1) is 55.5. The van der Waals surface area contributed by atoms with Crippen LogP contribution in [0.2, 0.25) is 36.3 Å². The first-order valence-electron chi connectivity index (χ1n) is 25.7. The Kier molecular flexibility index (Phi) is 15.6. The maximum absolute atomic E-state index is 5.63. The Morgan fingerprint density at radius 2 is 0.718 bits per heavy atom. The molecule has 7 rings (SSSR count). The predicted molar refractivity (Wildman–Crippen MR) is 311 cm³/mol. The van der Waals surface area contributed by atoms with Crippen molar-refractivity contribution in [3.8, 4) is 45.2 Å². The molecule has 0 radical (unpaired) electrons. The molecule has 71 heavy (non-hydrogen) atoms. The van der Waals surface area contributed by atoms with E-state index in [0.29, 0.717) is 16.6 Å². The molecule has 5 aromatic rings. The average Bonchev–Trinajstić information content (AvgIpc) is 4.07. The van der Waals surface area contributed by atoms with Gasteiger partial charge in [0.15, 0.2) is 0 Å². The fraction of sp³-hybridized carbons (Fsp3) is 0.438. The standard InChI is InChI=1S/C64H80N4Si2.Zn/c1-40(2)70(41(3)4,42(5)6)33-31-50-53-24-28-57(67-53)59(43-34-45(61(7,8)9)38-46(35-43)62(10,11)12)55-26-22-51(65-55)49(30-32-69(19,20)21)52-23-27-56(66-52)60(58-29-25-54(50)68-58)44-36-47(63(13,14)15)39-48(37-44)64(16,17)18;/h22-29,34-42H,1-21H3;/q-2;+2. The molecule has 0 saturated heterocycles. The van der Waals surface area contributed by atoms with Gasteiger partial charge in [-0.2, -0.15) is 0 Å². The van der Waals surface area contributed by atoms with Crippen molar-refractivity contribution in [1.82, 2.24) is 19.9 Å². The van der Waals surface area contributed by atoms with Gasteiger partial charge >= 0.3 is 19.5 Å². The van der Waals surface area contributed by atoms with Crippen LogP contribution in [0.5, 0.6) is 0 Å². The smallest absolute Gasteiger partial charge is 0.656 e. The number of nitrogens with zero attached hydrogens (tertiary/aromatic N) is 4. The number of rotatable bonds is 5. The Bertz CT molecular complexity index is 3060. The van der Waals surface area contributed by atoms with E-state index in [4.69, 9.17) is 19.9 Å². The third-order valence-electron chi connectivity index (χ3n) is 14.3. The Morgan fingerprint density at radius 1 is 0.423 bits per heavy atom. The van der Waals surface area contributed by atoms with Gasteiger partial charge in [0.2, 0.25) is 0 Å². The molecular weight excluding hydrogens is 946 g/mol. The van der Waals surface area contributed by atoms with Crippen LogP contribution in [0, 0.1) is 22.9 Å². The van der Waals surface area contributed by atoms with Crippen LogP contribution >= 0.6 is 0 Å². The second kappa shape index (κ2) is 19.9. The van der Waals surface area contributed by atoms with Gasteiger partial charge in [0.25, 0.3) is 0 Å². The van der Waals surface area contributed by atoms with Crippen LogP contribution in [0.3, 0.4) is 0 Å². The van der Waals surface area contributed by atoms with Gasteiger partial charge in [-0.25, -0.2) is 9.97 Å². The van der Waals surface area contributed by atoms with Crippen LogP contribution in [0.1, 0.15) is 181 Å². The summed E-state index contributed by atoms with van der Waals surface area (Å²) >= 11 is 0. The van der Waals surface area contributed by atoms with E-state index in [9.17, 15) is 0 Å². The summed E-state index contributed by atoms with van der Waals surface area (Å²) in [5.41, 5.74) is 26.4. The summed E-state index contributed by atoms with van der Waals surface area (Å²) < 4.78 is 0. The van der Waals surface area contributed by atoms with Crippen molar-refractivity contribution in [2.75, 3.05) is 0 Å². The SMILES string of the molecule is CC(C)[Si](C#Cc1c2nc(c(-c3cc(C(C)(C)C)cc(C(C)(C)C)c3)c3ccc([n-]3)c(C#C[Si](C)(C)C)c3nc(c(-c4cc(C(C)(C)C)cc(C(C)(C)C)c4)c4ccc1[n-]4)C=C3)C=C2)(C(C)C)C(C)C.[Zn+2]. The minimum Gasteiger partial charge on any atom is -0.656 e. The van der Waals surface area contributed by atoms with Crippen molar-refractivity contribution in [2.45, 2.75) is 183 Å². The summed E-state index contributed by atoms with van der Waals surface area (Å²) in [5, 5.41) is 0. The molecule has 0 atom stereocenters. The molecule has 0 spiro atoms. The second-order valence-electron chi connectivity index (χ2n) is 26.1. The molecule has 2 aromatic carbocycles. The van der Waals surface area contributed by atoms with Crippen LogP contribution in [0.15, 0.2) is 60.7 Å². The van der Waals surface area contributed by atoms with E-state index >= 15 is 0 Å². The summed E-state index contributed by atoms with van der Waals surface area (Å²) in [5.74, 6) is 7.57. The van der Waals surface area contributed by atoms with E-state index in [-0.39, 0.29) is 41.1 Å². The van der Waals surface area contributed by atoms with E-state index in [1.165, 1.54) is 22.3 Å². The molecule has 3 aromatic heterocycles. The second-order valence-corrected chi connectivity index (χ2v) is 36.4. The maximum atomic E-state index is 5.63. The van der Waals surface area contributed by atoms with E-state index in [0.717, 1.165) is 78.2 Å². The number of benzene rings is 2. The quantitative estimate of drug-likeness (QED) is 0.127. The third kappa shape index (κ3) is 11.7. The van der Waals surface area contributed by atoms with Crippen molar-refractivity contribution < 1.29 is 19.5 Å². The van der Waals surface area contributed by atoms with Gasteiger partial charge in [-0.15, -0.1) is 33.2 Å². The zero-order valence-corrected chi connectivity index (χ0v) is 52.3. The summed E-state index contributed by atoms with van der Waals surface area (Å²) in [6.07, 6.45) is 8.62. The van der Waals surface area contributed by atoms with Gasteiger partial charge in [-0.3, -0.25) is 0 Å². The summed E-state index contributed by atoms with van der Waals surface area (Å²) in [7, 11) is -4.01. The molecule has 0 saturated carbocycles. The number of aromatic nitrogens is 4. The van der Waals surface area contributed by atoms with Gasteiger partial charge < -0.3 is 9.97 Å². The normalized spacial score (nSPS) is 13.4. The minimum absolute atomic E-state index is 0. The van der Waals surface area contributed by atoms with Crippen molar-refractivity contribution >= 4 is 62.5 Å². The zero-order chi connectivity index (χ0) is 51.7. The van der Waals surface area contributed by atoms with Gasteiger partial charge in [-0.05, 0) is 107 Å². The fourth-order valence-electron chi connectivity index (χ4n) is 10.1. The Morgan fingerprint density at radius 3 is 1.01 bits per heavy atom. The molecular formula is C64H80N4Si2Zn. The number of hydrogen-bond acceptors (Lipinski definition) is 2. The van der Waals surface area contributed by atoms with Crippen LogP contribution < -0.4 is 9.97 Å². The summed E-state index contributed by atoms with van der Waals surface area (Å²) in [6.45, 7) is 48.7. The number of fused-ring (bicyclic) bond motifs is 8. The Labute approximate surface area is 443 Å². The molecule has 0 N–H and O–H groups in total. The van der Waals surface area contributed by atoms with Gasteiger partial charge in [-0.1, -0.05) is 217 Å². The molecule has 2 aliphatic heterocycles. The van der Waals surface area contributed by atoms with E-state index in [1.54, 1.807) is 0 Å². The van der Waals surface area contributed by atoms with Crippen molar-refractivity contribution in [2.24, 2.45) is 0 Å². The van der Waals surface area contributed by atoms with E-state index in [1.807, 2.05) is 0 Å². The van der Waals surface area contributed by atoms with Gasteiger partial charge in [0.05, 0.1) is 22.8 Å². The molecule has 7 heteroatoms. The average molecular weight is 1030 g/mol. The van der Waals surface area contributed by atoms with Crippen molar-refractivity contribution in [3.05, 3.63) is 117 Å². The van der Waals surface area contributed by atoms with E-state index in [2.05, 4.69) is 252 Å². The predicted octanol–water partition coefficient (Wildman–Crippen LogP) is 17.2. The first-order chi connectivity index (χ1) is 32.3.